The van der Waals surface area contributed by atoms with Crippen molar-refractivity contribution < 1.29 is 14.7 Å². The van der Waals surface area contributed by atoms with Crippen LogP contribution in [0, 0.1) is 5.92 Å². The van der Waals surface area contributed by atoms with E-state index in [1.165, 1.54) is 10.3 Å². The maximum atomic E-state index is 13.2. The number of piperidine rings is 1. The van der Waals surface area contributed by atoms with Gasteiger partial charge in [-0.05, 0) is 76.9 Å². The number of aromatic nitrogens is 1. The number of benzene rings is 1. The van der Waals surface area contributed by atoms with E-state index in [-0.39, 0.29) is 11.9 Å². The molecule has 7 nitrogen and oxygen atoms in total. The summed E-state index contributed by atoms with van der Waals surface area (Å²) in [6.07, 6.45) is 5.88. The highest BCUT2D eigenvalue weighted by atomic mass is 79.9. The summed E-state index contributed by atoms with van der Waals surface area (Å²) in [5, 5.41) is 11.7. The largest absolute Gasteiger partial charge is 0.386 e. The molecule has 0 saturated carbocycles. The van der Waals surface area contributed by atoms with Crippen LogP contribution in [0.15, 0.2) is 45.7 Å². The summed E-state index contributed by atoms with van der Waals surface area (Å²) in [4.78, 5) is 19.7. The number of piperazine rings is 1. The van der Waals surface area contributed by atoms with Crippen LogP contribution in [0.4, 0.5) is 0 Å². The molecule has 1 aromatic heterocycles. The Labute approximate surface area is 240 Å². The highest BCUT2D eigenvalue weighted by Crippen LogP contribution is 2.41. The molecule has 1 aromatic carbocycles. The van der Waals surface area contributed by atoms with E-state index in [1.807, 2.05) is 17.0 Å². The van der Waals surface area contributed by atoms with Crippen molar-refractivity contribution >= 4 is 49.4 Å². The van der Waals surface area contributed by atoms with Crippen molar-refractivity contribution in [3.63, 3.8) is 0 Å². The molecule has 3 N–H and O–H groups in total. The Balaban J connectivity index is 1.34. The first-order valence-corrected chi connectivity index (χ1v) is 14.8. The van der Waals surface area contributed by atoms with E-state index >= 15 is 0 Å². The van der Waals surface area contributed by atoms with Gasteiger partial charge in [-0.3, -0.25) is 14.9 Å². The van der Waals surface area contributed by atoms with Gasteiger partial charge in [0.2, 0.25) is 12.1 Å². The smallest absolute Gasteiger partial charge is 0.258 e. The molecule has 3 heterocycles. The predicted octanol–water partition coefficient (Wildman–Crippen LogP) is 4.25. The molecule has 0 spiro atoms. The molecule has 2 aliphatic heterocycles. The van der Waals surface area contributed by atoms with E-state index in [1.54, 1.807) is 6.20 Å². The topological polar surface area (TPSA) is 76.9 Å². The molecule has 2 saturated heterocycles. The zero-order valence-electron chi connectivity index (χ0n) is 20.8. The lowest BCUT2D eigenvalue weighted by molar-refractivity contribution is -0.911. The second-order valence-electron chi connectivity index (χ2n) is 10.3. The molecule has 37 heavy (non-hydrogen) atoms. The standard InChI is InChI=1S/C27H33Br2ClN5O2/c1-17(31)32-6-4-18(5-7-32)12-24(36)33-8-10-34(11-9-33)27-25-19(14-22(30)15-23(25)29)2-3-20-13-21(28)16-35(37)26(20)27/h13-16,18,27,37H,1-12,31H2/q+1. The van der Waals surface area contributed by atoms with Gasteiger partial charge in [0.05, 0.1) is 10.3 Å². The minimum absolute atomic E-state index is 0.150. The van der Waals surface area contributed by atoms with Crippen LogP contribution in [0.2, 0.25) is 5.02 Å². The molecular weight excluding hydrogens is 622 g/mol. The van der Waals surface area contributed by atoms with Gasteiger partial charge in [-0.15, -0.1) is 0 Å². The van der Waals surface area contributed by atoms with Crippen LogP contribution in [-0.2, 0) is 17.6 Å². The Morgan fingerprint density at radius 1 is 1.05 bits per heavy atom. The first kappa shape index (κ1) is 26.8. The second kappa shape index (κ2) is 11.1. The highest BCUT2D eigenvalue weighted by Gasteiger charge is 2.40. The van der Waals surface area contributed by atoms with Crippen molar-refractivity contribution in [3.8, 4) is 0 Å². The van der Waals surface area contributed by atoms with Crippen molar-refractivity contribution in [2.75, 3.05) is 39.3 Å². The Bertz CT molecular complexity index is 1150. The fourth-order valence-corrected chi connectivity index (χ4v) is 7.62. The molecule has 5 rings (SSSR count). The van der Waals surface area contributed by atoms with Crippen molar-refractivity contribution in [2.24, 2.45) is 11.7 Å². The number of hydrogen-bond acceptors (Lipinski definition) is 5. The van der Waals surface area contributed by atoms with Crippen molar-refractivity contribution in [3.05, 3.63) is 73.1 Å². The Kier molecular flexibility index (Phi) is 8.05. The molecule has 1 atom stereocenters. The van der Waals surface area contributed by atoms with Gasteiger partial charge in [0, 0.05) is 65.5 Å². The van der Waals surface area contributed by atoms with Crippen molar-refractivity contribution in [1.82, 2.24) is 14.7 Å². The van der Waals surface area contributed by atoms with Crippen LogP contribution in [0.3, 0.4) is 0 Å². The van der Waals surface area contributed by atoms with Crippen LogP contribution < -0.4 is 10.5 Å². The van der Waals surface area contributed by atoms with Gasteiger partial charge in [-0.1, -0.05) is 34.1 Å². The van der Waals surface area contributed by atoms with E-state index in [9.17, 15) is 10.0 Å². The van der Waals surface area contributed by atoms with Crippen LogP contribution >= 0.6 is 43.5 Å². The van der Waals surface area contributed by atoms with Crippen molar-refractivity contribution in [2.45, 2.75) is 38.1 Å². The van der Waals surface area contributed by atoms with Gasteiger partial charge >= 0.3 is 0 Å². The summed E-state index contributed by atoms with van der Waals surface area (Å²) in [5.74, 6) is 1.25. The van der Waals surface area contributed by atoms with Gasteiger partial charge in [-0.25, -0.2) is 0 Å². The highest BCUT2D eigenvalue weighted by molar-refractivity contribution is 9.10. The monoisotopic (exact) mass is 652 g/mol. The first-order valence-electron chi connectivity index (χ1n) is 12.8. The van der Waals surface area contributed by atoms with Crippen LogP contribution in [-0.4, -0.2) is 65.1 Å². The minimum Gasteiger partial charge on any atom is -0.386 e. The number of carbonyl (C=O) groups excluding carboxylic acids is 1. The lowest BCUT2D eigenvalue weighted by Gasteiger charge is -2.39. The quantitative estimate of drug-likeness (QED) is 0.381. The molecule has 0 bridgehead atoms. The maximum Gasteiger partial charge on any atom is 0.258 e. The van der Waals surface area contributed by atoms with E-state index in [0.29, 0.717) is 36.3 Å². The third-order valence-electron chi connectivity index (χ3n) is 8.03. The number of nitrogens with zero attached hydrogens (tertiary/aromatic N) is 4. The number of nitrogens with two attached hydrogens (primary N) is 1. The number of pyridine rings is 1. The Morgan fingerprint density at radius 2 is 1.73 bits per heavy atom. The van der Waals surface area contributed by atoms with Gasteiger partial charge in [-0.2, -0.15) is 0 Å². The number of aryl methyl sites for hydroxylation is 2. The third kappa shape index (κ3) is 5.65. The summed E-state index contributed by atoms with van der Waals surface area (Å²) < 4.78 is 3.05. The number of rotatable bonds is 4. The molecule has 2 fully saturated rings. The predicted molar refractivity (Wildman–Crippen MR) is 150 cm³/mol. The number of likely N-dealkylation sites (tertiary alicyclic amines) is 1. The van der Waals surface area contributed by atoms with Gasteiger partial charge < -0.3 is 15.5 Å². The fourth-order valence-electron chi connectivity index (χ4n) is 6.05. The molecule has 3 aliphatic rings. The van der Waals surface area contributed by atoms with E-state index in [4.69, 9.17) is 17.3 Å². The molecule has 10 heteroatoms. The number of fused-ring (bicyclic) bond motifs is 2. The van der Waals surface area contributed by atoms with Gasteiger partial charge in [0.25, 0.3) is 5.69 Å². The summed E-state index contributed by atoms with van der Waals surface area (Å²) in [7, 11) is 0. The normalized spacial score (nSPS) is 20.8. The van der Waals surface area contributed by atoms with E-state index in [0.717, 1.165) is 77.6 Å². The summed E-state index contributed by atoms with van der Waals surface area (Å²) in [6, 6.07) is 5.93. The van der Waals surface area contributed by atoms with Crippen molar-refractivity contribution in [1.29, 1.82) is 0 Å². The zero-order chi connectivity index (χ0) is 26.3. The number of carbonyl (C=O) groups is 1. The fraction of sp³-hybridized carbons (Fsp3) is 0.481. The van der Waals surface area contributed by atoms with E-state index in [2.05, 4.69) is 54.3 Å². The first-order chi connectivity index (χ1) is 17.7. The summed E-state index contributed by atoms with van der Waals surface area (Å²) in [6.45, 7) is 8.38. The lowest BCUT2D eigenvalue weighted by atomic mass is 9.92. The van der Waals surface area contributed by atoms with Gasteiger partial charge in [0.1, 0.15) is 6.04 Å². The molecule has 1 unspecified atom stereocenters. The zero-order valence-corrected chi connectivity index (χ0v) is 24.7. The minimum atomic E-state index is -0.150. The summed E-state index contributed by atoms with van der Waals surface area (Å²) >= 11 is 13.7. The molecular formula is C27H33Br2ClN5O2+. The van der Waals surface area contributed by atoms with Crippen LogP contribution in [0.1, 0.15) is 47.7 Å². The SMILES string of the molecule is C=C(N)N1CCC(CC(=O)N2CCN(C3c4c(Br)cc(Cl)cc4CCc4cc(Br)c[n+](O)c43)CC2)CC1. The van der Waals surface area contributed by atoms with Crippen LogP contribution in [0.5, 0.6) is 0 Å². The Hall–Kier alpha value is -1.81. The average molecular weight is 655 g/mol. The van der Waals surface area contributed by atoms with Gasteiger partial charge in [0.15, 0.2) is 0 Å². The second-order valence-corrected chi connectivity index (χ2v) is 12.5. The molecule has 2 aromatic rings. The Morgan fingerprint density at radius 3 is 2.41 bits per heavy atom. The average Bonchev–Trinajstić information content (AvgIpc) is 3.02. The molecule has 0 radical (unpaired) electrons. The molecule has 198 valence electrons. The van der Waals surface area contributed by atoms with E-state index < -0.39 is 0 Å². The number of amides is 1. The molecule has 1 aliphatic carbocycles. The third-order valence-corrected chi connectivity index (χ3v) is 9.33. The van der Waals surface area contributed by atoms with Crippen LogP contribution in [0.25, 0.3) is 0 Å². The summed E-state index contributed by atoms with van der Waals surface area (Å²) in [5.41, 5.74) is 10.1. The number of halogens is 3. The maximum absolute atomic E-state index is 13.2. The molecule has 1 amide bonds. The number of hydrogen-bond donors (Lipinski definition) is 2. The lowest BCUT2D eigenvalue weighted by Crippen LogP contribution is -2.52.